The van der Waals surface area contributed by atoms with E-state index < -0.39 is 0 Å². The van der Waals surface area contributed by atoms with E-state index in [1.54, 1.807) is 17.8 Å². The van der Waals surface area contributed by atoms with Crippen LogP contribution in [0.3, 0.4) is 0 Å². The lowest BCUT2D eigenvalue weighted by molar-refractivity contribution is 0.174. The van der Waals surface area contributed by atoms with Gasteiger partial charge in [0.25, 0.3) is 0 Å². The van der Waals surface area contributed by atoms with E-state index in [-0.39, 0.29) is 0 Å². The molecule has 3 aromatic heterocycles. The van der Waals surface area contributed by atoms with Gasteiger partial charge in [-0.1, -0.05) is 18.5 Å². The summed E-state index contributed by atoms with van der Waals surface area (Å²) in [5.74, 6) is 1.89. The first-order chi connectivity index (χ1) is 10.8. The zero-order chi connectivity index (χ0) is 15.4. The molecule has 0 amide bonds. The first kappa shape index (κ1) is 14.5. The van der Waals surface area contributed by atoms with Gasteiger partial charge in [0, 0.05) is 24.9 Å². The summed E-state index contributed by atoms with van der Waals surface area (Å²) in [5, 5.41) is 11.4. The molecule has 0 bridgehead atoms. The molecule has 0 aromatic carbocycles. The van der Waals surface area contributed by atoms with Crippen LogP contribution in [0.1, 0.15) is 30.8 Å². The Hall–Kier alpha value is -2.48. The molecule has 0 saturated carbocycles. The van der Waals surface area contributed by atoms with Gasteiger partial charge in [-0.3, -0.25) is 0 Å². The standard InChI is InChI=1S/C14H18N6O2/c1-3-4-10-7-13(20-12(17-10)5-6-16-20)15-8-14-18-11(9-21-2)19-22-14/h5-7,15H,3-4,8-9H2,1-2H3. The molecule has 0 saturated heterocycles. The summed E-state index contributed by atoms with van der Waals surface area (Å²) in [5.41, 5.74) is 1.85. The topological polar surface area (TPSA) is 90.4 Å². The maximum absolute atomic E-state index is 5.16. The second-order valence-electron chi connectivity index (χ2n) is 4.87. The molecule has 0 unspecified atom stereocenters. The number of aromatic nitrogens is 5. The second kappa shape index (κ2) is 6.52. The zero-order valence-corrected chi connectivity index (χ0v) is 12.6. The van der Waals surface area contributed by atoms with Crippen molar-refractivity contribution in [3.05, 3.63) is 35.7 Å². The van der Waals surface area contributed by atoms with Gasteiger partial charge in [0.15, 0.2) is 11.5 Å². The average molecular weight is 302 g/mol. The van der Waals surface area contributed by atoms with E-state index in [1.807, 2.05) is 12.1 Å². The lowest BCUT2D eigenvalue weighted by atomic mass is 10.2. The molecule has 22 heavy (non-hydrogen) atoms. The summed E-state index contributed by atoms with van der Waals surface area (Å²) < 4.78 is 11.9. The number of fused-ring (bicyclic) bond motifs is 1. The van der Waals surface area contributed by atoms with E-state index in [0.717, 1.165) is 30.0 Å². The molecule has 3 rings (SSSR count). The number of hydrogen-bond donors (Lipinski definition) is 1. The lowest BCUT2D eigenvalue weighted by Crippen LogP contribution is -2.08. The Labute approximate surface area is 127 Å². The first-order valence-corrected chi connectivity index (χ1v) is 7.18. The molecule has 0 aliphatic rings. The molecular formula is C14H18N6O2. The summed E-state index contributed by atoms with van der Waals surface area (Å²) in [7, 11) is 1.59. The number of hydrogen-bond acceptors (Lipinski definition) is 7. The number of rotatable bonds is 7. The van der Waals surface area contributed by atoms with Crippen LogP contribution in [-0.2, 0) is 24.3 Å². The smallest absolute Gasteiger partial charge is 0.246 e. The van der Waals surface area contributed by atoms with Crippen molar-refractivity contribution in [2.24, 2.45) is 0 Å². The predicted octanol–water partition coefficient (Wildman–Crippen LogP) is 1.82. The van der Waals surface area contributed by atoms with Crippen molar-refractivity contribution in [1.29, 1.82) is 0 Å². The van der Waals surface area contributed by atoms with Crippen molar-refractivity contribution in [3.63, 3.8) is 0 Å². The Morgan fingerprint density at radius 1 is 1.36 bits per heavy atom. The summed E-state index contributed by atoms with van der Waals surface area (Å²) in [6.07, 6.45) is 3.70. The summed E-state index contributed by atoms with van der Waals surface area (Å²) in [6, 6.07) is 3.88. The normalized spacial score (nSPS) is 11.2. The molecule has 0 aliphatic heterocycles. The van der Waals surface area contributed by atoms with Crippen LogP contribution in [0, 0.1) is 0 Å². The monoisotopic (exact) mass is 302 g/mol. The Morgan fingerprint density at radius 2 is 2.27 bits per heavy atom. The highest BCUT2D eigenvalue weighted by Crippen LogP contribution is 2.14. The van der Waals surface area contributed by atoms with Crippen molar-refractivity contribution in [2.45, 2.75) is 32.9 Å². The highest BCUT2D eigenvalue weighted by Gasteiger charge is 2.09. The summed E-state index contributed by atoms with van der Waals surface area (Å²) in [6.45, 7) is 2.88. The Balaban J connectivity index is 1.78. The summed E-state index contributed by atoms with van der Waals surface area (Å²) >= 11 is 0. The molecule has 1 N–H and O–H groups in total. The van der Waals surface area contributed by atoms with Crippen LogP contribution in [0.4, 0.5) is 5.82 Å². The van der Waals surface area contributed by atoms with E-state index in [1.165, 1.54) is 0 Å². The third-order valence-electron chi connectivity index (χ3n) is 3.12. The van der Waals surface area contributed by atoms with Crippen molar-refractivity contribution >= 4 is 11.5 Å². The minimum absolute atomic E-state index is 0.336. The van der Waals surface area contributed by atoms with Crippen molar-refractivity contribution in [1.82, 2.24) is 24.7 Å². The van der Waals surface area contributed by atoms with Gasteiger partial charge in [-0.2, -0.15) is 14.6 Å². The number of aryl methyl sites for hydroxylation is 1. The molecule has 0 aliphatic carbocycles. The van der Waals surface area contributed by atoms with Crippen LogP contribution in [0.25, 0.3) is 5.65 Å². The van der Waals surface area contributed by atoms with E-state index in [2.05, 4.69) is 32.5 Å². The van der Waals surface area contributed by atoms with Crippen molar-refractivity contribution in [2.75, 3.05) is 12.4 Å². The minimum atomic E-state index is 0.336. The van der Waals surface area contributed by atoms with Gasteiger partial charge < -0.3 is 14.6 Å². The molecule has 116 valence electrons. The van der Waals surface area contributed by atoms with Crippen molar-refractivity contribution in [3.8, 4) is 0 Å². The minimum Gasteiger partial charge on any atom is -0.377 e. The van der Waals surface area contributed by atoms with Gasteiger partial charge in [0.05, 0.1) is 12.7 Å². The first-order valence-electron chi connectivity index (χ1n) is 7.18. The highest BCUT2D eigenvalue weighted by molar-refractivity contribution is 5.49. The Kier molecular flexibility index (Phi) is 4.29. The zero-order valence-electron chi connectivity index (χ0n) is 12.6. The maximum Gasteiger partial charge on any atom is 0.246 e. The average Bonchev–Trinajstić information content (AvgIpc) is 3.14. The number of ether oxygens (including phenoxy) is 1. The van der Waals surface area contributed by atoms with Crippen LogP contribution in [0.2, 0.25) is 0 Å². The molecule has 8 nitrogen and oxygen atoms in total. The fourth-order valence-corrected chi connectivity index (χ4v) is 2.19. The number of nitrogens with zero attached hydrogens (tertiary/aromatic N) is 5. The van der Waals surface area contributed by atoms with Gasteiger partial charge in [0.2, 0.25) is 5.89 Å². The fourth-order valence-electron chi connectivity index (χ4n) is 2.19. The molecule has 0 atom stereocenters. The lowest BCUT2D eigenvalue weighted by Gasteiger charge is -2.08. The van der Waals surface area contributed by atoms with Gasteiger partial charge in [-0.15, -0.1) is 0 Å². The van der Waals surface area contributed by atoms with Crippen LogP contribution in [0.5, 0.6) is 0 Å². The van der Waals surface area contributed by atoms with Crippen LogP contribution < -0.4 is 5.32 Å². The fraction of sp³-hybridized carbons (Fsp3) is 0.429. The SMILES string of the molecule is CCCc1cc(NCc2nc(COC)no2)n2nccc2n1. The third kappa shape index (κ3) is 3.06. The molecule has 0 spiro atoms. The molecule has 0 radical (unpaired) electrons. The van der Waals surface area contributed by atoms with Gasteiger partial charge in [-0.25, -0.2) is 4.98 Å². The predicted molar refractivity (Wildman–Crippen MR) is 79.3 cm³/mol. The van der Waals surface area contributed by atoms with E-state index >= 15 is 0 Å². The number of nitrogens with one attached hydrogen (secondary N) is 1. The Morgan fingerprint density at radius 3 is 3.09 bits per heavy atom. The van der Waals surface area contributed by atoms with Crippen LogP contribution in [0.15, 0.2) is 22.9 Å². The Bertz CT molecular complexity index is 751. The van der Waals surface area contributed by atoms with E-state index in [9.17, 15) is 0 Å². The molecule has 0 fully saturated rings. The van der Waals surface area contributed by atoms with E-state index in [0.29, 0.717) is 24.9 Å². The van der Waals surface area contributed by atoms with Crippen LogP contribution >= 0.6 is 0 Å². The number of anilines is 1. The summed E-state index contributed by atoms with van der Waals surface area (Å²) in [4.78, 5) is 8.79. The largest absolute Gasteiger partial charge is 0.377 e. The molecular weight excluding hydrogens is 284 g/mol. The van der Waals surface area contributed by atoms with Crippen LogP contribution in [-0.4, -0.2) is 31.8 Å². The maximum atomic E-state index is 5.16. The van der Waals surface area contributed by atoms with Gasteiger partial charge in [0.1, 0.15) is 12.4 Å². The van der Waals surface area contributed by atoms with Gasteiger partial charge >= 0.3 is 0 Å². The number of methoxy groups -OCH3 is 1. The third-order valence-corrected chi connectivity index (χ3v) is 3.12. The van der Waals surface area contributed by atoms with Gasteiger partial charge in [-0.05, 0) is 6.42 Å². The molecule has 3 aromatic rings. The molecule has 3 heterocycles. The quantitative estimate of drug-likeness (QED) is 0.712. The van der Waals surface area contributed by atoms with E-state index in [4.69, 9.17) is 9.26 Å². The highest BCUT2D eigenvalue weighted by atomic mass is 16.5. The second-order valence-corrected chi connectivity index (χ2v) is 4.87. The molecule has 8 heteroatoms. The van der Waals surface area contributed by atoms with Crippen molar-refractivity contribution < 1.29 is 9.26 Å².